The number of rotatable bonds is 5. The van der Waals surface area contributed by atoms with Gasteiger partial charge < -0.3 is 5.32 Å². The van der Waals surface area contributed by atoms with Crippen molar-refractivity contribution in [2.45, 2.75) is 18.2 Å². The quantitative estimate of drug-likeness (QED) is 0.893. The molecule has 1 heterocycles. The van der Waals surface area contributed by atoms with Gasteiger partial charge in [-0.25, -0.2) is 8.42 Å². The Morgan fingerprint density at radius 1 is 1.35 bits per heavy atom. The average molecular weight is 334 g/mol. The van der Waals surface area contributed by atoms with Gasteiger partial charge in [-0.15, -0.1) is 11.8 Å². The molecule has 1 aromatic carbocycles. The van der Waals surface area contributed by atoms with Crippen molar-refractivity contribution in [2.24, 2.45) is 0 Å². The zero-order valence-corrected chi connectivity index (χ0v) is 13.2. The first-order valence-electron chi connectivity index (χ1n) is 6.26. The van der Waals surface area contributed by atoms with Crippen LogP contribution in [0.4, 0.5) is 0 Å². The number of hydrogen-bond donors (Lipinski definition) is 1. The van der Waals surface area contributed by atoms with Crippen molar-refractivity contribution >= 4 is 39.1 Å². The fraction of sp³-hybridized carbons (Fsp3) is 0.462. The van der Waals surface area contributed by atoms with E-state index < -0.39 is 9.84 Å². The summed E-state index contributed by atoms with van der Waals surface area (Å²) in [6.45, 7) is 0. The molecule has 1 saturated heterocycles. The summed E-state index contributed by atoms with van der Waals surface area (Å²) in [4.78, 5) is 11.7. The fourth-order valence-electron chi connectivity index (χ4n) is 2.02. The number of carbonyl (C=O) groups excluding carboxylic acids is 1. The first kappa shape index (κ1) is 15.7. The maximum Gasteiger partial charge on any atom is 0.230 e. The van der Waals surface area contributed by atoms with Crippen molar-refractivity contribution in [1.29, 1.82) is 0 Å². The van der Waals surface area contributed by atoms with E-state index in [1.165, 1.54) is 11.8 Å². The van der Waals surface area contributed by atoms with Gasteiger partial charge in [0, 0.05) is 16.8 Å². The topological polar surface area (TPSA) is 63.2 Å². The SMILES string of the molecule is O=C(CSCc1ccc(Cl)cc1)N[C@@H]1CCS(=O)(=O)C1. The van der Waals surface area contributed by atoms with Gasteiger partial charge in [0.2, 0.25) is 5.91 Å². The molecule has 2 rings (SSSR count). The number of thioether (sulfide) groups is 1. The van der Waals surface area contributed by atoms with E-state index in [1.807, 2.05) is 24.3 Å². The van der Waals surface area contributed by atoms with Gasteiger partial charge in [-0.1, -0.05) is 23.7 Å². The molecule has 1 N–H and O–H groups in total. The van der Waals surface area contributed by atoms with Gasteiger partial charge in [-0.2, -0.15) is 0 Å². The molecule has 1 amide bonds. The number of hydrogen-bond acceptors (Lipinski definition) is 4. The third-order valence-electron chi connectivity index (χ3n) is 3.01. The van der Waals surface area contributed by atoms with E-state index in [-0.39, 0.29) is 23.5 Å². The Morgan fingerprint density at radius 3 is 2.65 bits per heavy atom. The summed E-state index contributed by atoms with van der Waals surface area (Å²) >= 11 is 7.29. The molecule has 7 heteroatoms. The van der Waals surface area contributed by atoms with Gasteiger partial charge in [0.15, 0.2) is 9.84 Å². The van der Waals surface area contributed by atoms with Crippen LogP contribution in [0.2, 0.25) is 5.02 Å². The predicted octanol–water partition coefficient (Wildman–Crippen LogP) is 1.88. The third-order valence-corrected chi connectivity index (χ3v) is 6.04. The second kappa shape index (κ2) is 6.83. The van der Waals surface area contributed by atoms with E-state index in [2.05, 4.69) is 5.32 Å². The highest BCUT2D eigenvalue weighted by atomic mass is 35.5. The van der Waals surface area contributed by atoms with E-state index in [1.54, 1.807) is 0 Å². The summed E-state index contributed by atoms with van der Waals surface area (Å²) in [5.41, 5.74) is 1.11. The van der Waals surface area contributed by atoms with Crippen molar-refractivity contribution in [1.82, 2.24) is 5.32 Å². The van der Waals surface area contributed by atoms with Crippen LogP contribution in [-0.4, -0.2) is 37.6 Å². The summed E-state index contributed by atoms with van der Waals surface area (Å²) < 4.78 is 22.6. The Balaban J connectivity index is 1.69. The molecule has 1 atom stereocenters. The molecule has 0 bridgehead atoms. The minimum absolute atomic E-state index is 0.0700. The highest BCUT2D eigenvalue weighted by Crippen LogP contribution is 2.16. The number of halogens is 1. The zero-order valence-electron chi connectivity index (χ0n) is 10.8. The standard InChI is InChI=1S/C13H16ClNO3S2/c14-11-3-1-10(2-4-11)7-19-8-13(16)15-12-5-6-20(17,18)9-12/h1-4,12H,5-9H2,(H,15,16)/t12-/m1/s1. The maximum absolute atomic E-state index is 11.7. The minimum atomic E-state index is -2.94. The lowest BCUT2D eigenvalue weighted by Gasteiger charge is -2.10. The highest BCUT2D eigenvalue weighted by molar-refractivity contribution is 7.99. The predicted molar refractivity (Wildman–Crippen MR) is 82.8 cm³/mol. The molecule has 110 valence electrons. The normalized spacial score (nSPS) is 20.8. The molecule has 0 radical (unpaired) electrons. The Kier molecular flexibility index (Phi) is 5.35. The number of sulfone groups is 1. The molecule has 1 aliphatic heterocycles. The highest BCUT2D eigenvalue weighted by Gasteiger charge is 2.28. The second-order valence-corrected chi connectivity index (χ2v) is 8.44. The molecule has 0 aromatic heterocycles. The molecule has 1 aliphatic rings. The number of benzene rings is 1. The fourth-order valence-corrected chi connectivity index (χ4v) is 4.62. The van der Waals surface area contributed by atoms with Crippen LogP contribution >= 0.6 is 23.4 Å². The van der Waals surface area contributed by atoms with Crippen molar-refractivity contribution in [3.8, 4) is 0 Å². The van der Waals surface area contributed by atoms with Gasteiger partial charge >= 0.3 is 0 Å². The van der Waals surface area contributed by atoms with E-state index in [9.17, 15) is 13.2 Å². The zero-order chi connectivity index (χ0) is 14.6. The maximum atomic E-state index is 11.7. The Bertz CT molecular complexity index is 572. The van der Waals surface area contributed by atoms with Gasteiger partial charge in [-0.05, 0) is 24.1 Å². The third kappa shape index (κ3) is 5.00. The Labute approximate surface area is 128 Å². The first-order chi connectivity index (χ1) is 9.44. The molecule has 4 nitrogen and oxygen atoms in total. The summed E-state index contributed by atoms with van der Waals surface area (Å²) in [7, 11) is -2.94. The molecular formula is C13H16ClNO3S2. The Morgan fingerprint density at radius 2 is 2.05 bits per heavy atom. The van der Waals surface area contributed by atoms with Crippen molar-refractivity contribution in [2.75, 3.05) is 17.3 Å². The summed E-state index contributed by atoms with van der Waals surface area (Å²) in [5, 5.41) is 3.46. The van der Waals surface area contributed by atoms with Crippen LogP contribution in [0.15, 0.2) is 24.3 Å². The Hall–Kier alpha value is -0.720. The lowest BCUT2D eigenvalue weighted by molar-refractivity contribution is -0.119. The molecule has 1 fully saturated rings. The summed E-state index contributed by atoms with van der Waals surface area (Å²) in [6.07, 6.45) is 0.524. The molecular weight excluding hydrogens is 318 g/mol. The molecule has 0 saturated carbocycles. The average Bonchev–Trinajstić information content (AvgIpc) is 2.71. The minimum Gasteiger partial charge on any atom is -0.352 e. The molecule has 1 aromatic rings. The molecule has 20 heavy (non-hydrogen) atoms. The van der Waals surface area contributed by atoms with Crippen LogP contribution in [0, 0.1) is 0 Å². The molecule has 0 spiro atoms. The van der Waals surface area contributed by atoms with Crippen LogP contribution in [0.3, 0.4) is 0 Å². The van der Waals surface area contributed by atoms with Crippen LogP contribution in [0.1, 0.15) is 12.0 Å². The molecule has 0 unspecified atom stereocenters. The molecule has 0 aliphatic carbocycles. The monoisotopic (exact) mass is 333 g/mol. The van der Waals surface area contributed by atoms with Crippen LogP contribution in [-0.2, 0) is 20.4 Å². The van der Waals surface area contributed by atoms with E-state index >= 15 is 0 Å². The lowest BCUT2D eigenvalue weighted by Crippen LogP contribution is -2.36. The summed E-state index contributed by atoms with van der Waals surface area (Å²) in [6, 6.07) is 7.28. The van der Waals surface area contributed by atoms with E-state index in [4.69, 9.17) is 11.6 Å². The van der Waals surface area contributed by atoms with Gasteiger partial charge in [-0.3, -0.25) is 4.79 Å². The number of carbonyl (C=O) groups is 1. The van der Waals surface area contributed by atoms with Crippen molar-refractivity contribution in [3.05, 3.63) is 34.9 Å². The van der Waals surface area contributed by atoms with E-state index in [0.29, 0.717) is 17.2 Å². The van der Waals surface area contributed by atoms with Crippen LogP contribution in [0.5, 0.6) is 0 Å². The van der Waals surface area contributed by atoms with E-state index in [0.717, 1.165) is 11.3 Å². The van der Waals surface area contributed by atoms with Gasteiger partial charge in [0.1, 0.15) is 0 Å². The van der Waals surface area contributed by atoms with Crippen LogP contribution < -0.4 is 5.32 Å². The second-order valence-electron chi connectivity index (χ2n) is 4.79. The summed E-state index contributed by atoms with van der Waals surface area (Å²) in [5.74, 6) is 1.20. The number of nitrogens with one attached hydrogen (secondary N) is 1. The van der Waals surface area contributed by atoms with Crippen molar-refractivity contribution < 1.29 is 13.2 Å². The van der Waals surface area contributed by atoms with Gasteiger partial charge in [0.05, 0.1) is 17.3 Å². The van der Waals surface area contributed by atoms with Crippen LogP contribution in [0.25, 0.3) is 0 Å². The largest absolute Gasteiger partial charge is 0.352 e. The lowest BCUT2D eigenvalue weighted by atomic mass is 10.2. The van der Waals surface area contributed by atoms with Gasteiger partial charge in [0.25, 0.3) is 0 Å². The smallest absolute Gasteiger partial charge is 0.230 e. The van der Waals surface area contributed by atoms with Crippen molar-refractivity contribution in [3.63, 3.8) is 0 Å². The first-order valence-corrected chi connectivity index (χ1v) is 9.62. The number of amides is 1.